The number of rotatable bonds is 62. The average Bonchev–Trinajstić information content (AvgIpc) is 3.42. The summed E-state index contributed by atoms with van der Waals surface area (Å²) < 4.78 is 5.47. The molecule has 76 heavy (non-hydrogen) atoms. The van der Waals surface area contributed by atoms with Crippen LogP contribution in [0.3, 0.4) is 0 Å². The second-order valence-electron chi connectivity index (χ2n) is 22.8. The Hall–Kier alpha value is -2.44. The Labute approximate surface area is 473 Å². The van der Waals surface area contributed by atoms with Crippen LogP contribution in [0.2, 0.25) is 0 Å². The maximum absolute atomic E-state index is 12.5. The van der Waals surface area contributed by atoms with Gasteiger partial charge in [0.05, 0.1) is 25.4 Å². The minimum Gasteiger partial charge on any atom is -0.466 e. The van der Waals surface area contributed by atoms with E-state index in [0.29, 0.717) is 19.4 Å². The summed E-state index contributed by atoms with van der Waals surface area (Å²) in [5.74, 6) is -0.0744. The van der Waals surface area contributed by atoms with Crippen molar-refractivity contribution in [1.82, 2.24) is 5.32 Å². The number of hydrogen-bond acceptors (Lipinski definition) is 5. The average molecular weight is 1060 g/mol. The number of ether oxygens (including phenoxy) is 1. The van der Waals surface area contributed by atoms with Crippen LogP contribution in [-0.2, 0) is 14.3 Å². The van der Waals surface area contributed by atoms with Crippen LogP contribution in [0.1, 0.15) is 348 Å². The molecule has 0 saturated heterocycles. The Morgan fingerprint density at radius 3 is 1.04 bits per heavy atom. The fraction of sp³-hybridized carbons (Fsp3) is 0.829. The molecule has 2 unspecified atom stereocenters. The van der Waals surface area contributed by atoms with Crippen molar-refractivity contribution in [2.45, 2.75) is 360 Å². The number of aliphatic hydroxyl groups excluding tert-OH is 2. The van der Waals surface area contributed by atoms with Crippen molar-refractivity contribution in [3.05, 3.63) is 60.8 Å². The molecule has 0 bridgehead atoms. The van der Waals surface area contributed by atoms with Crippen molar-refractivity contribution in [1.29, 1.82) is 0 Å². The number of unbranched alkanes of at least 4 members (excludes halogenated alkanes) is 43. The van der Waals surface area contributed by atoms with Crippen molar-refractivity contribution in [2.24, 2.45) is 0 Å². The van der Waals surface area contributed by atoms with E-state index in [1.807, 2.05) is 6.08 Å². The maximum Gasteiger partial charge on any atom is 0.305 e. The number of hydrogen-bond donors (Lipinski definition) is 3. The van der Waals surface area contributed by atoms with Gasteiger partial charge in [-0.25, -0.2) is 0 Å². The van der Waals surface area contributed by atoms with Gasteiger partial charge in [0.15, 0.2) is 0 Å². The molecule has 0 aliphatic carbocycles. The largest absolute Gasteiger partial charge is 0.466 e. The van der Waals surface area contributed by atoms with E-state index in [-0.39, 0.29) is 18.5 Å². The Kier molecular flexibility index (Phi) is 63.0. The summed E-state index contributed by atoms with van der Waals surface area (Å²) in [7, 11) is 0. The number of esters is 1. The summed E-state index contributed by atoms with van der Waals surface area (Å²) in [6.45, 7) is 4.87. The minimum atomic E-state index is -0.848. The van der Waals surface area contributed by atoms with Gasteiger partial charge in [0, 0.05) is 12.8 Å². The molecular weight excluding hydrogens is 935 g/mol. The van der Waals surface area contributed by atoms with E-state index in [9.17, 15) is 19.8 Å². The highest BCUT2D eigenvalue weighted by Gasteiger charge is 2.18. The normalized spacial score (nSPS) is 12.9. The molecule has 0 spiro atoms. The van der Waals surface area contributed by atoms with Crippen LogP contribution in [0.5, 0.6) is 0 Å². The van der Waals surface area contributed by atoms with Gasteiger partial charge < -0.3 is 20.3 Å². The lowest BCUT2D eigenvalue weighted by atomic mass is 10.0. The SMILES string of the molecule is CCCC/C=C\C/C=C\CCCCCCCC(=O)OCCCCCCCCCCC/C=C\C/C=C\CCCCCCCCCCCCCC(=O)NC(CO)C(O)/C=C/CCCCCCCCCCCCCCCCCC. The molecule has 0 aromatic carbocycles. The molecule has 0 saturated carbocycles. The zero-order chi connectivity index (χ0) is 55.0. The number of carbonyl (C=O) groups is 2. The second-order valence-corrected chi connectivity index (χ2v) is 22.8. The summed E-state index contributed by atoms with van der Waals surface area (Å²) in [5, 5.41) is 23.2. The van der Waals surface area contributed by atoms with Gasteiger partial charge in [0.1, 0.15) is 0 Å². The molecule has 0 fully saturated rings. The van der Waals surface area contributed by atoms with Crippen molar-refractivity contribution in [2.75, 3.05) is 13.2 Å². The van der Waals surface area contributed by atoms with Gasteiger partial charge in [-0.1, -0.05) is 306 Å². The predicted octanol–water partition coefficient (Wildman–Crippen LogP) is 21.5. The lowest BCUT2D eigenvalue weighted by molar-refractivity contribution is -0.143. The van der Waals surface area contributed by atoms with E-state index in [1.165, 1.54) is 263 Å². The lowest BCUT2D eigenvalue weighted by Crippen LogP contribution is -2.45. The number of allylic oxidation sites excluding steroid dienone is 9. The molecule has 0 rings (SSSR count). The van der Waals surface area contributed by atoms with E-state index < -0.39 is 12.1 Å². The third-order valence-electron chi connectivity index (χ3n) is 15.3. The molecular formula is C70H129NO5. The quantitative estimate of drug-likeness (QED) is 0.0320. The summed E-state index contributed by atoms with van der Waals surface area (Å²) in [6.07, 6.45) is 85.6. The molecule has 0 aliphatic rings. The Bertz CT molecular complexity index is 1320. The third-order valence-corrected chi connectivity index (χ3v) is 15.3. The van der Waals surface area contributed by atoms with Crippen molar-refractivity contribution in [3.63, 3.8) is 0 Å². The van der Waals surface area contributed by atoms with Crippen molar-refractivity contribution in [3.8, 4) is 0 Å². The highest BCUT2D eigenvalue weighted by Crippen LogP contribution is 2.17. The standard InChI is InChI=1S/C70H129NO5/c1-3-5-7-9-11-13-15-17-19-20-32-35-38-42-46-50-54-58-62-68(73)67(66-72)71-69(74)63-59-55-51-47-43-39-36-33-30-28-26-24-22-21-23-25-27-29-31-34-37-41-45-49-53-57-61-65-76-70(75)64-60-56-52-48-44-40-18-16-14-12-10-8-6-4-2/h10,12,16,18,21-22,25,27,58,62,67-68,72-73H,3-9,11,13-15,17,19-20,23-24,26,28-57,59-61,63-66H2,1-2H3,(H,71,74)/b12-10-,18-16-,22-21-,27-25-,62-58+. The summed E-state index contributed by atoms with van der Waals surface area (Å²) >= 11 is 0. The molecule has 3 N–H and O–H groups in total. The van der Waals surface area contributed by atoms with Crippen LogP contribution < -0.4 is 5.32 Å². The van der Waals surface area contributed by atoms with Crippen LogP contribution in [0.25, 0.3) is 0 Å². The van der Waals surface area contributed by atoms with Crippen LogP contribution >= 0.6 is 0 Å². The summed E-state index contributed by atoms with van der Waals surface area (Å²) in [6, 6.07) is -0.632. The number of amides is 1. The molecule has 6 heteroatoms. The first-order valence-corrected chi connectivity index (χ1v) is 33.6. The first-order valence-electron chi connectivity index (χ1n) is 33.6. The first-order chi connectivity index (χ1) is 37.5. The Morgan fingerprint density at radius 1 is 0.368 bits per heavy atom. The number of aliphatic hydroxyl groups is 2. The van der Waals surface area contributed by atoms with Crippen LogP contribution in [0.15, 0.2) is 60.8 Å². The van der Waals surface area contributed by atoms with Gasteiger partial charge in [-0.3, -0.25) is 9.59 Å². The van der Waals surface area contributed by atoms with Crippen LogP contribution in [0, 0.1) is 0 Å². The van der Waals surface area contributed by atoms with Gasteiger partial charge >= 0.3 is 5.97 Å². The highest BCUT2D eigenvalue weighted by atomic mass is 16.5. The van der Waals surface area contributed by atoms with Crippen LogP contribution in [-0.4, -0.2) is 47.4 Å². The van der Waals surface area contributed by atoms with Gasteiger partial charge in [-0.2, -0.15) is 0 Å². The van der Waals surface area contributed by atoms with E-state index in [2.05, 4.69) is 67.8 Å². The summed E-state index contributed by atoms with van der Waals surface area (Å²) in [4.78, 5) is 24.5. The smallest absolute Gasteiger partial charge is 0.305 e. The van der Waals surface area contributed by atoms with Crippen molar-refractivity contribution >= 4 is 11.9 Å². The molecule has 6 nitrogen and oxygen atoms in total. The molecule has 1 amide bonds. The molecule has 0 radical (unpaired) electrons. The van der Waals surface area contributed by atoms with E-state index in [4.69, 9.17) is 4.74 Å². The second kappa shape index (κ2) is 65.1. The molecule has 0 aliphatic heterocycles. The molecule has 0 aromatic rings. The monoisotopic (exact) mass is 1060 g/mol. The maximum atomic E-state index is 12.5. The fourth-order valence-electron chi connectivity index (χ4n) is 10.1. The fourth-order valence-corrected chi connectivity index (χ4v) is 10.1. The third kappa shape index (κ3) is 60.8. The van der Waals surface area contributed by atoms with E-state index >= 15 is 0 Å². The summed E-state index contributed by atoms with van der Waals surface area (Å²) in [5.41, 5.74) is 0. The predicted molar refractivity (Wildman–Crippen MR) is 333 cm³/mol. The number of nitrogens with one attached hydrogen (secondary N) is 1. The van der Waals surface area contributed by atoms with Crippen molar-refractivity contribution < 1.29 is 24.5 Å². The van der Waals surface area contributed by atoms with E-state index in [1.54, 1.807) is 6.08 Å². The Morgan fingerprint density at radius 2 is 0.671 bits per heavy atom. The lowest BCUT2D eigenvalue weighted by Gasteiger charge is -2.20. The van der Waals surface area contributed by atoms with Crippen LogP contribution in [0.4, 0.5) is 0 Å². The molecule has 2 atom stereocenters. The number of carbonyl (C=O) groups excluding carboxylic acids is 2. The zero-order valence-electron chi connectivity index (χ0n) is 50.7. The topological polar surface area (TPSA) is 95.9 Å². The first kappa shape index (κ1) is 73.6. The zero-order valence-corrected chi connectivity index (χ0v) is 50.7. The Balaban J connectivity index is 3.46. The van der Waals surface area contributed by atoms with Gasteiger partial charge in [0.25, 0.3) is 0 Å². The molecule has 0 aromatic heterocycles. The molecule has 0 heterocycles. The van der Waals surface area contributed by atoms with E-state index in [0.717, 1.165) is 57.8 Å². The minimum absolute atomic E-state index is 0.00476. The van der Waals surface area contributed by atoms with Gasteiger partial charge in [0.2, 0.25) is 5.91 Å². The molecule has 444 valence electrons. The van der Waals surface area contributed by atoms with Gasteiger partial charge in [-0.05, 0) is 89.9 Å². The van der Waals surface area contributed by atoms with Gasteiger partial charge in [-0.15, -0.1) is 0 Å². The highest BCUT2D eigenvalue weighted by molar-refractivity contribution is 5.76.